The van der Waals surface area contributed by atoms with Crippen LogP contribution in [0, 0.1) is 0 Å². The molecular weight excluding hydrogens is 459 g/mol. The van der Waals surface area contributed by atoms with Crippen LogP contribution in [0.25, 0.3) is 6.08 Å². The van der Waals surface area contributed by atoms with Crippen LogP contribution in [0.4, 0.5) is 10.5 Å². The maximum atomic E-state index is 12.9. The molecule has 1 saturated heterocycles. The highest BCUT2D eigenvalue weighted by atomic mass is 35.5. The highest BCUT2D eigenvalue weighted by molar-refractivity contribution is 6.42. The molecule has 0 radical (unpaired) electrons. The van der Waals surface area contributed by atoms with Crippen molar-refractivity contribution in [2.75, 3.05) is 11.5 Å². The highest BCUT2D eigenvalue weighted by Crippen LogP contribution is 2.31. The number of urea groups is 1. The average Bonchev–Trinajstić information content (AvgIpc) is 2.71. The molecule has 2 aromatic rings. The second kappa shape index (κ2) is 9.84. The van der Waals surface area contributed by atoms with Gasteiger partial charge in [0.2, 0.25) is 0 Å². The molecular formula is C22H18Cl2N2O6. The Balaban J connectivity index is 1.79. The first-order valence-electron chi connectivity index (χ1n) is 9.44. The van der Waals surface area contributed by atoms with Crippen LogP contribution in [0.1, 0.15) is 19.4 Å². The van der Waals surface area contributed by atoms with E-state index in [4.69, 9.17) is 32.7 Å². The Labute approximate surface area is 193 Å². The molecule has 3 rings (SSSR count). The van der Waals surface area contributed by atoms with Gasteiger partial charge in [0.05, 0.1) is 16.8 Å². The largest absolute Gasteiger partial charge is 0.482 e. The van der Waals surface area contributed by atoms with Gasteiger partial charge in [-0.3, -0.25) is 14.9 Å². The molecule has 166 valence electrons. The Morgan fingerprint density at radius 2 is 1.78 bits per heavy atom. The number of hydrogen-bond acceptors (Lipinski definition) is 6. The third-order valence-electron chi connectivity index (χ3n) is 4.17. The van der Waals surface area contributed by atoms with Gasteiger partial charge in [-0.1, -0.05) is 35.3 Å². The zero-order chi connectivity index (χ0) is 23.4. The maximum Gasteiger partial charge on any atom is 0.344 e. The molecule has 0 spiro atoms. The van der Waals surface area contributed by atoms with Crippen LogP contribution in [0.3, 0.4) is 0 Å². The van der Waals surface area contributed by atoms with Crippen molar-refractivity contribution in [1.82, 2.24) is 5.32 Å². The summed E-state index contributed by atoms with van der Waals surface area (Å²) in [4.78, 5) is 49.8. The zero-order valence-corrected chi connectivity index (χ0v) is 18.6. The van der Waals surface area contributed by atoms with E-state index in [1.54, 1.807) is 38.1 Å². The lowest BCUT2D eigenvalue weighted by Gasteiger charge is -2.27. The predicted octanol–water partition coefficient (Wildman–Crippen LogP) is 3.99. The van der Waals surface area contributed by atoms with Gasteiger partial charge in [0, 0.05) is 5.02 Å². The molecule has 1 N–H and O–H groups in total. The molecule has 1 fully saturated rings. The minimum absolute atomic E-state index is 0.0761. The number of carbonyl (C=O) groups is 4. The number of anilines is 1. The van der Waals surface area contributed by atoms with E-state index in [1.165, 1.54) is 24.3 Å². The van der Waals surface area contributed by atoms with Gasteiger partial charge >= 0.3 is 12.0 Å². The van der Waals surface area contributed by atoms with E-state index in [1.807, 2.05) is 0 Å². The summed E-state index contributed by atoms with van der Waals surface area (Å²) in [7, 11) is 0. The summed E-state index contributed by atoms with van der Waals surface area (Å²) in [6, 6.07) is 9.66. The minimum Gasteiger partial charge on any atom is -0.482 e. The summed E-state index contributed by atoms with van der Waals surface area (Å²) in [6.07, 6.45) is 1.09. The fourth-order valence-electron chi connectivity index (χ4n) is 2.80. The number of imide groups is 2. The van der Waals surface area contributed by atoms with Crippen molar-refractivity contribution in [3.05, 3.63) is 63.6 Å². The van der Waals surface area contributed by atoms with Gasteiger partial charge in [0.15, 0.2) is 6.61 Å². The van der Waals surface area contributed by atoms with Gasteiger partial charge < -0.3 is 9.47 Å². The number of nitrogens with one attached hydrogen (secondary N) is 1. The van der Waals surface area contributed by atoms with Gasteiger partial charge in [-0.15, -0.1) is 0 Å². The maximum absolute atomic E-state index is 12.9. The van der Waals surface area contributed by atoms with E-state index in [9.17, 15) is 19.2 Å². The monoisotopic (exact) mass is 476 g/mol. The molecule has 0 bridgehead atoms. The minimum atomic E-state index is -0.918. The van der Waals surface area contributed by atoms with E-state index in [0.29, 0.717) is 16.3 Å². The molecule has 0 atom stereocenters. The Morgan fingerprint density at radius 1 is 1.09 bits per heavy atom. The lowest BCUT2D eigenvalue weighted by atomic mass is 10.1. The molecule has 0 unspecified atom stereocenters. The third kappa shape index (κ3) is 5.46. The normalized spacial score (nSPS) is 15.2. The first kappa shape index (κ1) is 23.3. The Kier molecular flexibility index (Phi) is 7.17. The third-order valence-corrected chi connectivity index (χ3v) is 4.71. The van der Waals surface area contributed by atoms with Crippen LogP contribution >= 0.6 is 23.2 Å². The van der Waals surface area contributed by atoms with Crippen LogP contribution in [0.2, 0.25) is 10.0 Å². The van der Waals surface area contributed by atoms with Crippen LogP contribution in [-0.2, 0) is 19.1 Å². The first-order chi connectivity index (χ1) is 15.2. The van der Waals surface area contributed by atoms with Crippen molar-refractivity contribution >= 4 is 58.8 Å². The van der Waals surface area contributed by atoms with E-state index in [2.05, 4.69) is 5.32 Å². The molecule has 0 aromatic heterocycles. The van der Waals surface area contributed by atoms with Crippen molar-refractivity contribution < 1.29 is 28.7 Å². The van der Waals surface area contributed by atoms with Crippen LogP contribution in [0.5, 0.6) is 5.75 Å². The standard InChI is InChI=1S/C22H18Cl2N2O6/c1-12(2)32-19(27)11-31-15-6-3-13(4-7-15)9-16-20(28)25-22(30)26(21(16)29)18-8-5-14(23)10-17(18)24/h3-10,12H,11H2,1-2H3,(H,25,28,30)/b16-9+. The fourth-order valence-corrected chi connectivity index (χ4v) is 3.30. The molecule has 32 heavy (non-hydrogen) atoms. The Morgan fingerprint density at radius 3 is 2.41 bits per heavy atom. The van der Waals surface area contributed by atoms with Crippen LogP contribution in [0.15, 0.2) is 48.0 Å². The van der Waals surface area contributed by atoms with E-state index >= 15 is 0 Å². The molecule has 0 aliphatic carbocycles. The molecule has 1 aliphatic heterocycles. The molecule has 8 nitrogen and oxygen atoms in total. The number of esters is 1. The van der Waals surface area contributed by atoms with Crippen molar-refractivity contribution in [1.29, 1.82) is 0 Å². The lowest BCUT2D eigenvalue weighted by Crippen LogP contribution is -2.54. The predicted molar refractivity (Wildman–Crippen MR) is 119 cm³/mol. The lowest BCUT2D eigenvalue weighted by molar-refractivity contribution is -0.149. The van der Waals surface area contributed by atoms with Crippen LogP contribution < -0.4 is 15.0 Å². The molecule has 0 saturated carbocycles. The van der Waals surface area contributed by atoms with Crippen LogP contribution in [-0.4, -0.2) is 36.5 Å². The van der Waals surface area contributed by atoms with Crippen molar-refractivity contribution in [2.45, 2.75) is 20.0 Å². The number of ether oxygens (including phenoxy) is 2. The number of benzene rings is 2. The Hall–Kier alpha value is -3.36. The number of hydrogen-bond donors (Lipinski definition) is 1. The van der Waals surface area contributed by atoms with Crippen molar-refractivity contribution in [2.24, 2.45) is 0 Å². The van der Waals surface area contributed by atoms with Crippen molar-refractivity contribution in [3.63, 3.8) is 0 Å². The second-order valence-electron chi connectivity index (χ2n) is 6.95. The average molecular weight is 477 g/mol. The topological polar surface area (TPSA) is 102 Å². The highest BCUT2D eigenvalue weighted by Gasteiger charge is 2.37. The van der Waals surface area contributed by atoms with Gasteiger partial charge in [-0.2, -0.15) is 0 Å². The first-order valence-corrected chi connectivity index (χ1v) is 10.2. The molecule has 1 heterocycles. The van der Waals surface area contributed by atoms with Gasteiger partial charge in [0.1, 0.15) is 11.3 Å². The molecule has 1 aliphatic rings. The molecule has 10 heteroatoms. The smallest absolute Gasteiger partial charge is 0.344 e. The summed E-state index contributed by atoms with van der Waals surface area (Å²) < 4.78 is 10.3. The number of rotatable bonds is 6. The summed E-state index contributed by atoms with van der Waals surface area (Å²) in [5.74, 6) is -1.77. The van der Waals surface area contributed by atoms with Gasteiger partial charge in [0.25, 0.3) is 11.8 Å². The summed E-state index contributed by atoms with van der Waals surface area (Å²) >= 11 is 12.0. The van der Waals surface area contributed by atoms with E-state index in [-0.39, 0.29) is 29.0 Å². The molecule has 2 aromatic carbocycles. The van der Waals surface area contributed by atoms with E-state index in [0.717, 1.165) is 4.90 Å². The number of nitrogens with zero attached hydrogens (tertiary/aromatic N) is 1. The van der Waals surface area contributed by atoms with Crippen molar-refractivity contribution in [3.8, 4) is 5.75 Å². The number of halogens is 2. The number of barbiturate groups is 1. The summed E-state index contributed by atoms with van der Waals surface area (Å²) in [5.41, 5.74) is 0.330. The van der Waals surface area contributed by atoms with Gasteiger partial charge in [-0.05, 0) is 55.8 Å². The van der Waals surface area contributed by atoms with E-state index < -0.39 is 23.8 Å². The summed E-state index contributed by atoms with van der Waals surface area (Å²) in [5, 5.41) is 2.53. The second-order valence-corrected chi connectivity index (χ2v) is 7.79. The molecule has 4 amide bonds. The Bertz CT molecular complexity index is 1110. The number of amides is 4. The quantitative estimate of drug-likeness (QED) is 0.384. The van der Waals surface area contributed by atoms with Gasteiger partial charge in [-0.25, -0.2) is 14.5 Å². The number of carbonyl (C=O) groups excluding carboxylic acids is 4. The SMILES string of the molecule is CC(C)OC(=O)COc1ccc(/C=C2\C(=O)NC(=O)N(c3ccc(Cl)cc3Cl)C2=O)cc1. The summed E-state index contributed by atoms with van der Waals surface area (Å²) in [6.45, 7) is 3.22. The fraction of sp³-hybridized carbons (Fsp3) is 0.182. The zero-order valence-electron chi connectivity index (χ0n) is 17.1.